The summed E-state index contributed by atoms with van der Waals surface area (Å²) in [5.41, 5.74) is 0. The first-order chi connectivity index (χ1) is 3.25. The van der Waals surface area contributed by atoms with Crippen LogP contribution in [0.3, 0.4) is 0 Å². The van der Waals surface area contributed by atoms with Gasteiger partial charge in [0.25, 0.3) is 0 Å². The van der Waals surface area contributed by atoms with Gasteiger partial charge in [-0.05, 0) is 0 Å². The summed E-state index contributed by atoms with van der Waals surface area (Å²) < 4.78 is 55.2. The van der Waals surface area contributed by atoms with Crippen molar-refractivity contribution in [2.45, 2.75) is 0 Å². The second-order valence-electron chi connectivity index (χ2n) is 0.816. The van der Waals surface area contributed by atoms with Crippen LogP contribution in [0.25, 0.3) is 0 Å². The summed E-state index contributed by atoms with van der Waals surface area (Å²) >= 11 is 0. The number of hydrogen-bond donors (Lipinski definition) is 0. The van der Waals surface area contributed by atoms with Crippen molar-refractivity contribution in [1.82, 2.24) is 0 Å². The summed E-state index contributed by atoms with van der Waals surface area (Å²) in [6, 6.07) is 0. The maximum Gasteiger partial charge on any atom is 2.00 e. The van der Waals surface area contributed by atoms with Crippen molar-refractivity contribution in [3.05, 3.63) is 0 Å². The van der Waals surface area contributed by atoms with Gasteiger partial charge < -0.3 is 9.11 Å². The smallest absolute Gasteiger partial charge is 0.736 e. The Morgan fingerprint density at radius 3 is 0.889 bits per heavy atom. The second kappa shape index (κ2) is 2.94. The Morgan fingerprint density at radius 2 is 0.889 bits per heavy atom. The molecule has 0 aromatic rings. The molecule has 0 aliphatic heterocycles. The van der Waals surface area contributed by atoms with E-state index in [1.54, 1.807) is 0 Å². The second-order valence-corrected chi connectivity index (χ2v) is 4.90. The average Bonchev–Trinajstić information content (AvgIpc) is 1.25. The third kappa shape index (κ3) is 3.83. The Kier molecular flexibility index (Phi) is 3.94. The van der Waals surface area contributed by atoms with Gasteiger partial charge in [0.2, 0.25) is 0 Å². The minimum atomic E-state index is -5.67. The van der Waals surface area contributed by atoms with E-state index >= 15 is 0 Å². The van der Waals surface area contributed by atoms with Crippen LogP contribution in [0.2, 0.25) is 0 Å². The predicted molar refractivity (Wildman–Crippen MR) is 19.4 cm³/mol. The molecule has 0 fully saturated rings. The Hall–Kier alpha value is 0.326. The molecule has 0 aliphatic carbocycles. The quantitative estimate of drug-likeness (QED) is 0.371. The first-order valence-electron chi connectivity index (χ1n) is 1.17. The molecule has 57 valence electrons. The topological polar surface area (TPSA) is 114 Å². The fourth-order valence-corrected chi connectivity index (χ4v) is 0. The van der Waals surface area contributed by atoms with Crippen LogP contribution >= 0.6 is 0 Å². The third-order valence-electron chi connectivity index (χ3n) is 0.250. The van der Waals surface area contributed by atoms with Gasteiger partial charge in [0.1, 0.15) is 0 Å². The third-order valence-corrected chi connectivity index (χ3v) is 2.25. The molecular weight excluding hydrogens is 219 g/mol. The number of hydrogen-bond acceptors (Lipinski definition) is 6. The minimum absolute atomic E-state index is 0. The largest absolute Gasteiger partial charge is 2.00 e. The van der Waals surface area contributed by atoms with Crippen molar-refractivity contribution in [2.75, 3.05) is 0 Å². The zero-order valence-corrected chi connectivity index (χ0v) is 6.27. The van der Waals surface area contributed by atoms with E-state index in [0.717, 1.165) is 0 Å². The molecule has 0 rings (SSSR count). The summed E-state index contributed by atoms with van der Waals surface area (Å²) in [5.74, 6) is 0. The number of rotatable bonds is 1. The molecule has 9 heteroatoms. The molecule has 1 radical (unpaired) electrons. The summed E-state index contributed by atoms with van der Waals surface area (Å²) in [6.45, 7) is 0. The molecular formula is CoO6S2. The van der Waals surface area contributed by atoms with Gasteiger partial charge in [-0.15, -0.1) is 0 Å². The Bertz CT molecular complexity index is 223. The van der Waals surface area contributed by atoms with Gasteiger partial charge in [0, 0.05) is 0 Å². The molecule has 0 saturated carbocycles. The van der Waals surface area contributed by atoms with Gasteiger partial charge in [-0.3, -0.25) is 0 Å². The first kappa shape index (κ1) is 12.0. The van der Waals surface area contributed by atoms with Crippen molar-refractivity contribution >= 4 is 18.3 Å². The van der Waals surface area contributed by atoms with Gasteiger partial charge in [-0.2, -0.15) is 0 Å². The maximum atomic E-state index is 9.20. The van der Waals surface area contributed by atoms with Crippen LogP contribution in [0.15, 0.2) is 0 Å². The monoisotopic (exact) mass is 219 g/mol. The molecule has 0 atom stereocenters. The molecule has 0 bridgehead atoms. The fraction of sp³-hybridized carbons (Fsp3) is 0. The molecule has 0 saturated heterocycles. The Morgan fingerprint density at radius 1 is 0.778 bits per heavy atom. The van der Waals surface area contributed by atoms with E-state index in [4.69, 9.17) is 0 Å². The summed E-state index contributed by atoms with van der Waals surface area (Å²) in [5, 5.41) is 0. The molecule has 0 aliphatic rings. The molecule has 0 N–H and O–H groups in total. The van der Waals surface area contributed by atoms with Gasteiger partial charge in [-0.1, -0.05) is 0 Å². The van der Waals surface area contributed by atoms with Crippen molar-refractivity contribution in [3.8, 4) is 0 Å². The van der Waals surface area contributed by atoms with Crippen LogP contribution in [-0.4, -0.2) is 25.9 Å². The van der Waals surface area contributed by atoms with Crippen LogP contribution in [-0.2, 0) is 35.1 Å². The minimum Gasteiger partial charge on any atom is -0.736 e. The maximum absolute atomic E-state index is 9.20. The van der Waals surface area contributed by atoms with Crippen LogP contribution in [0.5, 0.6) is 0 Å². The molecule has 6 nitrogen and oxygen atoms in total. The van der Waals surface area contributed by atoms with E-state index in [1.165, 1.54) is 0 Å². The molecule has 0 heterocycles. The zero-order chi connectivity index (χ0) is 7.00. The normalized spacial score (nSPS) is 12.2. The van der Waals surface area contributed by atoms with E-state index in [0.29, 0.717) is 0 Å². The molecule has 0 amide bonds. The molecule has 0 spiro atoms. The molecule has 0 unspecified atom stereocenters. The fourth-order valence-electron chi connectivity index (χ4n) is 0. The van der Waals surface area contributed by atoms with Gasteiger partial charge in [-0.25, -0.2) is 16.8 Å². The predicted octanol–water partition coefficient (Wildman–Crippen LogP) is -2.01. The van der Waals surface area contributed by atoms with Gasteiger partial charge >= 0.3 is 16.8 Å². The Balaban J connectivity index is 0. The average molecular weight is 219 g/mol. The molecule has 0 aromatic heterocycles. The van der Waals surface area contributed by atoms with Crippen molar-refractivity contribution in [1.29, 1.82) is 0 Å². The zero-order valence-electron chi connectivity index (χ0n) is 3.60. The van der Waals surface area contributed by atoms with E-state index in [1.807, 2.05) is 0 Å². The van der Waals surface area contributed by atoms with E-state index in [9.17, 15) is 25.9 Å². The van der Waals surface area contributed by atoms with Crippen molar-refractivity contribution in [2.24, 2.45) is 0 Å². The van der Waals surface area contributed by atoms with E-state index in [-0.39, 0.29) is 16.8 Å². The van der Waals surface area contributed by atoms with Crippen molar-refractivity contribution < 1.29 is 42.7 Å². The standard InChI is InChI=1S/Co.H2O6S2/c;1-7(2,3)8(4,5)6/h;(H,1,2,3)(H,4,5,6)/q+2;/p-2. The SMILES string of the molecule is O=S(=O)([O-])S(=O)(=O)[O-].[Co+2]. The van der Waals surface area contributed by atoms with Crippen molar-refractivity contribution in [3.63, 3.8) is 0 Å². The first-order valence-corrected chi connectivity index (χ1v) is 4.50. The summed E-state index contributed by atoms with van der Waals surface area (Å²) in [4.78, 5) is 0. The summed E-state index contributed by atoms with van der Waals surface area (Å²) in [6.07, 6.45) is 0. The van der Waals surface area contributed by atoms with E-state index < -0.39 is 18.3 Å². The van der Waals surface area contributed by atoms with Crippen LogP contribution in [0.4, 0.5) is 0 Å². The molecule has 0 aromatic carbocycles. The van der Waals surface area contributed by atoms with Crippen LogP contribution in [0.1, 0.15) is 0 Å². The van der Waals surface area contributed by atoms with Crippen LogP contribution in [0, 0.1) is 0 Å². The molecule has 9 heavy (non-hydrogen) atoms. The summed E-state index contributed by atoms with van der Waals surface area (Å²) in [7, 11) is -11.3. The van der Waals surface area contributed by atoms with E-state index in [2.05, 4.69) is 0 Å². The Labute approximate surface area is 61.4 Å². The van der Waals surface area contributed by atoms with Gasteiger partial charge in [0.15, 0.2) is 18.3 Å². The van der Waals surface area contributed by atoms with Gasteiger partial charge in [0.05, 0.1) is 0 Å². The van der Waals surface area contributed by atoms with Crippen LogP contribution < -0.4 is 0 Å².